The first-order valence-corrected chi connectivity index (χ1v) is 5.26. The quantitative estimate of drug-likeness (QED) is 0.722. The summed E-state index contributed by atoms with van der Waals surface area (Å²) in [5.41, 5.74) is -2.55. The maximum absolute atomic E-state index is 13.4. The fourth-order valence-corrected chi connectivity index (χ4v) is 2.00. The minimum Gasteiger partial charge on any atom is -0.379 e. The topological polar surface area (TPSA) is 9.23 Å². The molecule has 6 heteroatoms. The van der Waals surface area contributed by atoms with Gasteiger partial charge in [-0.15, -0.1) is 0 Å². The zero-order valence-electron chi connectivity index (χ0n) is 7.94. The van der Waals surface area contributed by atoms with E-state index in [-0.39, 0.29) is 5.56 Å². The van der Waals surface area contributed by atoms with E-state index in [1.165, 1.54) is 6.07 Å². The first-order valence-electron chi connectivity index (χ1n) is 4.47. The van der Waals surface area contributed by atoms with Gasteiger partial charge in [0.05, 0.1) is 13.2 Å². The predicted molar refractivity (Wildman–Crippen MR) is 52.7 cm³/mol. The third kappa shape index (κ3) is 1.64. The van der Waals surface area contributed by atoms with E-state index in [0.717, 1.165) is 12.1 Å². The molecule has 0 saturated carbocycles. The van der Waals surface area contributed by atoms with Gasteiger partial charge in [0.15, 0.2) is 0 Å². The van der Waals surface area contributed by atoms with Crippen LogP contribution in [0.1, 0.15) is 5.56 Å². The van der Waals surface area contributed by atoms with Crippen molar-refractivity contribution in [3.05, 3.63) is 34.1 Å². The number of hydrogen-bond acceptors (Lipinski definition) is 1. The van der Waals surface area contributed by atoms with Crippen LogP contribution in [0.25, 0.3) is 0 Å². The van der Waals surface area contributed by atoms with Crippen LogP contribution in [0.15, 0.2) is 22.7 Å². The summed E-state index contributed by atoms with van der Waals surface area (Å²) in [6.45, 7) is -1.05. The number of halogens is 5. The van der Waals surface area contributed by atoms with E-state index in [2.05, 4.69) is 20.7 Å². The molecular formula is C10H7BrF4O. The van der Waals surface area contributed by atoms with Crippen molar-refractivity contribution in [3.63, 3.8) is 0 Å². The average Bonchev–Trinajstić information content (AvgIpc) is 2.06. The lowest BCUT2D eigenvalue weighted by Crippen LogP contribution is -2.57. The van der Waals surface area contributed by atoms with Crippen molar-refractivity contribution in [1.82, 2.24) is 0 Å². The van der Waals surface area contributed by atoms with Crippen molar-refractivity contribution in [2.75, 3.05) is 13.2 Å². The van der Waals surface area contributed by atoms with E-state index in [0.29, 0.717) is 4.47 Å². The largest absolute Gasteiger partial charge is 0.402 e. The second-order valence-electron chi connectivity index (χ2n) is 3.70. The van der Waals surface area contributed by atoms with Gasteiger partial charge in [0.25, 0.3) is 0 Å². The Kier molecular flexibility index (Phi) is 2.74. The molecule has 88 valence electrons. The van der Waals surface area contributed by atoms with Crippen LogP contribution in [0, 0.1) is 5.82 Å². The average molecular weight is 299 g/mol. The first-order chi connectivity index (χ1) is 7.37. The highest BCUT2D eigenvalue weighted by Gasteiger charge is 2.62. The molecule has 1 heterocycles. The van der Waals surface area contributed by atoms with Gasteiger partial charge in [0.1, 0.15) is 11.2 Å². The van der Waals surface area contributed by atoms with Crippen molar-refractivity contribution in [2.45, 2.75) is 11.6 Å². The highest BCUT2D eigenvalue weighted by atomic mass is 79.9. The van der Waals surface area contributed by atoms with Crippen LogP contribution in [0.2, 0.25) is 0 Å². The summed E-state index contributed by atoms with van der Waals surface area (Å²) < 4.78 is 57.1. The third-order valence-corrected chi connectivity index (χ3v) is 3.18. The van der Waals surface area contributed by atoms with E-state index in [4.69, 9.17) is 0 Å². The van der Waals surface area contributed by atoms with E-state index in [1.807, 2.05) is 0 Å². The summed E-state index contributed by atoms with van der Waals surface area (Å²) in [5, 5.41) is 0. The highest BCUT2D eigenvalue weighted by molar-refractivity contribution is 9.10. The summed E-state index contributed by atoms with van der Waals surface area (Å²) >= 11 is 3.03. The molecule has 0 unspecified atom stereocenters. The Bertz CT molecular complexity index is 412. The van der Waals surface area contributed by atoms with Crippen LogP contribution in [0.4, 0.5) is 17.6 Å². The van der Waals surface area contributed by atoms with Gasteiger partial charge in [0.2, 0.25) is 0 Å². The molecule has 0 spiro atoms. The van der Waals surface area contributed by atoms with E-state index >= 15 is 0 Å². The molecule has 1 aromatic carbocycles. The summed E-state index contributed by atoms with van der Waals surface area (Å²) in [4.78, 5) is 0. The Hall–Kier alpha value is -0.620. The number of ether oxygens (including phenoxy) is 1. The number of alkyl halides is 3. The fraction of sp³-hybridized carbons (Fsp3) is 0.400. The van der Waals surface area contributed by atoms with Crippen LogP contribution in [-0.4, -0.2) is 19.4 Å². The lowest BCUT2D eigenvalue weighted by atomic mass is 9.77. The lowest BCUT2D eigenvalue weighted by molar-refractivity contribution is -0.263. The SMILES string of the molecule is Fc1ccc(Br)cc1C1(C(F)(F)F)COC1. The summed E-state index contributed by atoms with van der Waals surface area (Å²) in [5.74, 6) is -0.858. The molecule has 1 saturated heterocycles. The molecule has 1 nitrogen and oxygen atoms in total. The molecule has 0 bridgehead atoms. The van der Waals surface area contributed by atoms with Crippen molar-refractivity contribution in [2.24, 2.45) is 0 Å². The van der Waals surface area contributed by atoms with E-state index < -0.39 is 30.6 Å². The summed E-state index contributed by atoms with van der Waals surface area (Å²) in [6.07, 6.45) is -4.51. The van der Waals surface area contributed by atoms with Gasteiger partial charge in [-0.2, -0.15) is 13.2 Å². The number of hydrogen-bond donors (Lipinski definition) is 0. The van der Waals surface area contributed by atoms with Gasteiger partial charge in [-0.3, -0.25) is 0 Å². The molecule has 1 aromatic rings. The molecule has 1 fully saturated rings. The minimum atomic E-state index is -4.51. The Morgan fingerprint density at radius 1 is 1.25 bits per heavy atom. The summed E-state index contributed by atoms with van der Waals surface area (Å²) in [7, 11) is 0. The first kappa shape index (κ1) is 11.9. The zero-order chi connectivity index (χ0) is 12.0. The van der Waals surface area contributed by atoms with Crippen molar-refractivity contribution >= 4 is 15.9 Å². The number of benzene rings is 1. The van der Waals surface area contributed by atoms with Gasteiger partial charge in [0, 0.05) is 10.0 Å². The van der Waals surface area contributed by atoms with Gasteiger partial charge in [-0.1, -0.05) is 15.9 Å². The number of rotatable bonds is 1. The molecule has 2 rings (SSSR count). The normalized spacial score (nSPS) is 19.3. The second kappa shape index (κ2) is 3.70. The standard InChI is InChI=1S/C10H7BrF4O/c11-6-1-2-8(12)7(3-6)9(4-16-5-9)10(13,14)15/h1-3H,4-5H2. The molecule has 0 aromatic heterocycles. The molecule has 16 heavy (non-hydrogen) atoms. The Morgan fingerprint density at radius 2 is 1.88 bits per heavy atom. The molecule has 0 aliphatic carbocycles. The third-order valence-electron chi connectivity index (χ3n) is 2.68. The molecule has 1 aliphatic heterocycles. The molecule has 0 atom stereocenters. The van der Waals surface area contributed by atoms with E-state index in [1.54, 1.807) is 0 Å². The Labute approximate surface area is 97.5 Å². The zero-order valence-corrected chi connectivity index (χ0v) is 9.53. The van der Waals surface area contributed by atoms with Crippen molar-refractivity contribution in [3.8, 4) is 0 Å². The van der Waals surface area contributed by atoms with Crippen LogP contribution in [0.3, 0.4) is 0 Å². The maximum Gasteiger partial charge on any atom is 0.402 e. The minimum absolute atomic E-state index is 0.361. The smallest absolute Gasteiger partial charge is 0.379 e. The van der Waals surface area contributed by atoms with Gasteiger partial charge < -0.3 is 4.74 Å². The Morgan fingerprint density at radius 3 is 2.31 bits per heavy atom. The monoisotopic (exact) mass is 298 g/mol. The van der Waals surface area contributed by atoms with Gasteiger partial charge in [-0.05, 0) is 18.2 Å². The van der Waals surface area contributed by atoms with Crippen molar-refractivity contribution in [1.29, 1.82) is 0 Å². The second-order valence-corrected chi connectivity index (χ2v) is 4.61. The fourth-order valence-electron chi connectivity index (χ4n) is 1.64. The van der Waals surface area contributed by atoms with Crippen LogP contribution in [-0.2, 0) is 10.2 Å². The molecule has 0 radical (unpaired) electrons. The van der Waals surface area contributed by atoms with Crippen molar-refractivity contribution < 1.29 is 22.3 Å². The maximum atomic E-state index is 13.4. The van der Waals surface area contributed by atoms with Crippen LogP contribution >= 0.6 is 15.9 Å². The van der Waals surface area contributed by atoms with Crippen LogP contribution in [0.5, 0.6) is 0 Å². The van der Waals surface area contributed by atoms with Crippen LogP contribution < -0.4 is 0 Å². The predicted octanol–water partition coefficient (Wildman–Crippen LogP) is 3.42. The summed E-state index contributed by atoms with van der Waals surface area (Å²) in [6, 6.07) is 3.54. The molecular weight excluding hydrogens is 292 g/mol. The van der Waals surface area contributed by atoms with Gasteiger partial charge in [-0.25, -0.2) is 4.39 Å². The molecule has 0 N–H and O–H groups in total. The highest BCUT2D eigenvalue weighted by Crippen LogP contribution is 2.47. The molecule has 1 aliphatic rings. The van der Waals surface area contributed by atoms with E-state index in [9.17, 15) is 17.6 Å². The lowest BCUT2D eigenvalue weighted by Gasteiger charge is -2.43. The molecule has 0 amide bonds. The van der Waals surface area contributed by atoms with Gasteiger partial charge >= 0.3 is 6.18 Å². The Balaban J connectivity index is 2.53.